The van der Waals surface area contributed by atoms with Gasteiger partial charge in [0.05, 0.1) is 4.90 Å². The summed E-state index contributed by atoms with van der Waals surface area (Å²) in [5.74, 6) is -0.323. The second kappa shape index (κ2) is 8.97. The number of anilines is 2. The number of sulfonamides is 1. The van der Waals surface area contributed by atoms with Gasteiger partial charge in [0, 0.05) is 37.3 Å². The number of nitrogens with zero attached hydrogens (tertiary/aromatic N) is 1. The third-order valence-electron chi connectivity index (χ3n) is 5.18. The Balaban J connectivity index is 1.60. The predicted octanol–water partition coefficient (Wildman–Crippen LogP) is 2.85. The molecular weight excluding hydrogens is 402 g/mol. The Kier molecular flexibility index (Phi) is 6.58. The van der Waals surface area contributed by atoms with Gasteiger partial charge in [0.2, 0.25) is 21.8 Å². The quantitative estimate of drug-likeness (QED) is 0.707. The topological polar surface area (TPSA) is 95.6 Å². The van der Waals surface area contributed by atoms with Crippen LogP contribution in [0, 0.1) is 0 Å². The zero-order valence-corrected chi connectivity index (χ0v) is 18.3. The highest BCUT2D eigenvalue weighted by Crippen LogP contribution is 2.33. The molecule has 2 aromatic carbocycles. The molecule has 0 bridgehead atoms. The largest absolute Gasteiger partial charge is 0.326 e. The van der Waals surface area contributed by atoms with Crippen molar-refractivity contribution in [1.29, 1.82) is 0 Å². The summed E-state index contributed by atoms with van der Waals surface area (Å²) in [6, 6.07) is 12.3. The van der Waals surface area contributed by atoms with E-state index in [1.807, 2.05) is 32.0 Å². The van der Waals surface area contributed by atoms with E-state index >= 15 is 0 Å². The smallest absolute Gasteiger partial charge is 0.240 e. The first kappa shape index (κ1) is 22.0. The highest BCUT2D eigenvalue weighted by atomic mass is 32.2. The van der Waals surface area contributed by atoms with Crippen molar-refractivity contribution in [2.45, 2.75) is 51.0 Å². The van der Waals surface area contributed by atoms with Crippen LogP contribution in [0.25, 0.3) is 0 Å². The molecule has 2 amide bonds. The lowest BCUT2D eigenvalue weighted by Gasteiger charge is -2.20. The summed E-state index contributed by atoms with van der Waals surface area (Å²) in [6.07, 6.45) is 1.50. The molecule has 1 atom stereocenters. The molecule has 0 aromatic heterocycles. The van der Waals surface area contributed by atoms with Gasteiger partial charge in [0.1, 0.15) is 0 Å². The van der Waals surface area contributed by atoms with Crippen LogP contribution in [0.15, 0.2) is 47.4 Å². The number of carbonyl (C=O) groups excluding carboxylic acids is 2. The molecule has 1 heterocycles. The van der Waals surface area contributed by atoms with E-state index in [2.05, 4.69) is 10.0 Å². The Labute approximate surface area is 177 Å². The number of amides is 2. The molecule has 3 rings (SSSR count). The molecule has 1 aliphatic rings. The monoisotopic (exact) mass is 429 g/mol. The molecule has 0 radical (unpaired) electrons. The molecule has 30 heavy (non-hydrogen) atoms. The van der Waals surface area contributed by atoms with Crippen LogP contribution in [0.4, 0.5) is 11.4 Å². The molecule has 0 spiro atoms. The van der Waals surface area contributed by atoms with Crippen molar-refractivity contribution in [3.05, 3.63) is 53.6 Å². The number of rotatable bonds is 7. The van der Waals surface area contributed by atoms with Gasteiger partial charge in [0.15, 0.2) is 0 Å². The van der Waals surface area contributed by atoms with E-state index in [-0.39, 0.29) is 35.7 Å². The van der Waals surface area contributed by atoms with Crippen molar-refractivity contribution >= 4 is 33.2 Å². The van der Waals surface area contributed by atoms with Crippen molar-refractivity contribution in [3.63, 3.8) is 0 Å². The molecule has 1 unspecified atom stereocenters. The van der Waals surface area contributed by atoms with Crippen LogP contribution >= 0.6 is 0 Å². The number of aryl methyl sites for hydroxylation is 1. The number of nitrogens with one attached hydrogen (secondary N) is 2. The standard InChI is InChI=1S/C22H27N3O4S/c1-4-17-6-5-7-19(13-17)24-22(27)10-11-23-30(28,29)20-8-9-21-18(14-20)12-15(2)25(21)16(3)26/h5-9,13-15,23H,4,10-12H2,1-3H3,(H,24,27). The Bertz CT molecular complexity index is 1070. The minimum absolute atomic E-state index is 0.00156. The summed E-state index contributed by atoms with van der Waals surface area (Å²) in [6.45, 7) is 5.46. The van der Waals surface area contributed by atoms with Crippen molar-refractivity contribution in [2.24, 2.45) is 0 Å². The van der Waals surface area contributed by atoms with E-state index < -0.39 is 10.0 Å². The SMILES string of the molecule is CCc1cccc(NC(=O)CCNS(=O)(=O)c2ccc3c(c2)CC(C)N3C(C)=O)c1. The third-order valence-corrected chi connectivity index (χ3v) is 6.64. The van der Waals surface area contributed by atoms with Gasteiger partial charge >= 0.3 is 0 Å². The highest BCUT2D eigenvalue weighted by Gasteiger charge is 2.30. The molecule has 2 aromatic rings. The van der Waals surface area contributed by atoms with Gasteiger partial charge in [-0.05, 0) is 61.2 Å². The molecule has 0 saturated heterocycles. The lowest BCUT2D eigenvalue weighted by molar-refractivity contribution is -0.117. The highest BCUT2D eigenvalue weighted by molar-refractivity contribution is 7.89. The van der Waals surface area contributed by atoms with Crippen molar-refractivity contribution < 1.29 is 18.0 Å². The summed E-state index contributed by atoms with van der Waals surface area (Å²) in [7, 11) is -3.75. The maximum atomic E-state index is 12.6. The molecular formula is C22H27N3O4S. The molecule has 1 aliphatic heterocycles. The van der Waals surface area contributed by atoms with Crippen LogP contribution in [-0.2, 0) is 32.5 Å². The Hall–Kier alpha value is -2.71. The van der Waals surface area contributed by atoms with Crippen LogP contribution in [0.5, 0.6) is 0 Å². The van der Waals surface area contributed by atoms with E-state index in [4.69, 9.17) is 0 Å². The normalized spacial score (nSPS) is 15.7. The number of hydrogen-bond donors (Lipinski definition) is 2. The molecule has 0 aliphatic carbocycles. The molecule has 0 fully saturated rings. The van der Waals surface area contributed by atoms with Crippen LogP contribution in [0.3, 0.4) is 0 Å². The summed E-state index contributed by atoms with van der Waals surface area (Å²) in [5, 5.41) is 2.79. The van der Waals surface area contributed by atoms with Crippen LogP contribution in [0.1, 0.15) is 38.3 Å². The fourth-order valence-corrected chi connectivity index (χ4v) is 4.81. The number of carbonyl (C=O) groups is 2. The summed E-state index contributed by atoms with van der Waals surface area (Å²) >= 11 is 0. The van der Waals surface area contributed by atoms with Gasteiger partial charge < -0.3 is 10.2 Å². The van der Waals surface area contributed by atoms with Gasteiger partial charge in [-0.1, -0.05) is 19.1 Å². The Morgan fingerprint density at radius 3 is 2.63 bits per heavy atom. The minimum atomic E-state index is -3.75. The van der Waals surface area contributed by atoms with Crippen LogP contribution < -0.4 is 14.9 Å². The molecule has 160 valence electrons. The minimum Gasteiger partial charge on any atom is -0.326 e. The van der Waals surface area contributed by atoms with E-state index in [0.29, 0.717) is 12.1 Å². The van der Waals surface area contributed by atoms with Gasteiger partial charge in [-0.25, -0.2) is 13.1 Å². The van der Waals surface area contributed by atoms with Crippen molar-refractivity contribution in [3.8, 4) is 0 Å². The summed E-state index contributed by atoms with van der Waals surface area (Å²) < 4.78 is 27.7. The number of hydrogen-bond acceptors (Lipinski definition) is 4. The summed E-state index contributed by atoms with van der Waals surface area (Å²) in [4.78, 5) is 25.8. The maximum Gasteiger partial charge on any atom is 0.240 e. The molecule has 8 heteroatoms. The zero-order valence-electron chi connectivity index (χ0n) is 17.4. The number of fused-ring (bicyclic) bond motifs is 1. The lowest BCUT2D eigenvalue weighted by atomic mass is 10.1. The van der Waals surface area contributed by atoms with Gasteiger partial charge in [-0.15, -0.1) is 0 Å². The number of benzene rings is 2. The van der Waals surface area contributed by atoms with Gasteiger partial charge in [-0.3, -0.25) is 9.59 Å². The summed E-state index contributed by atoms with van der Waals surface area (Å²) in [5.41, 5.74) is 3.39. The first-order valence-electron chi connectivity index (χ1n) is 10.0. The fourth-order valence-electron chi connectivity index (χ4n) is 3.73. The second-order valence-corrected chi connectivity index (χ2v) is 9.25. The van der Waals surface area contributed by atoms with Crippen LogP contribution in [0.2, 0.25) is 0 Å². The first-order valence-corrected chi connectivity index (χ1v) is 11.5. The van der Waals surface area contributed by atoms with Crippen molar-refractivity contribution in [1.82, 2.24) is 4.72 Å². The average Bonchev–Trinajstić information content (AvgIpc) is 3.03. The molecule has 2 N–H and O–H groups in total. The van der Waals surface area contributed by atoms with E-state index in [9.17, 15) is 18.0 Å². The third kappa shape index (κ3) is 4.88. The lowest BCUT2D eigenvalue weighted by Crippen LogP contribution is -2.33. The second-order valence-electron chi connectivity index (χ2n) is 7.48. The van der Waals surface area contributed by atoms with Gasteiger partial charge in [-0.2, -0.15) is 0 Å². The average molecular weight is 430 g/mol. The Morgan fingerprint density at radius 2 is 1.93 bits per heavy atom. The van der Waals surface area contributed by atoms with Crippen LogP contribution in [-0.4, -0.2) is 32.8 Å². The van der Waals surface area contributed by atoms with Crippen molar-refractivity contribution in [2.75, 3.05) is 16.8 Å². The van der Waals surface area contributed by atoms with E-state index in [0.717, 1.165) is 23.2 Å². The zero-order chi connectivity index (χ0) is 21.9. The predicted molar refractivity (Wildman–Crippen MR) is 117 cm³/mol. The fraction of sp³-hybridized carbons (Fsp3) is 0.364. The van der Waals surface area contributed by atoms with Gasteiger partial charge in [0.25, 0.3) is 0 Å². The first-order chi connectivity index (χ1) is 14.2. The molecule has 0 saturated carbocycles. The maximum absolute atomic E-state index is 12.6. The van der Waals surface area contributed by atoms with E-state index in [1.54, 1.807) is 23.1 Å². The van der Waals surface area contributed by atoms with E-state index in [1.165, 1.54) is 13.0 Å². The molecule has 7 nitrogen and oxygen atoms in total. The Morgan fingerprint density at radius 1 is 1.17 bits per heavy atom.